The van der Waals surface area contributed by atoms with E-state index in [4.69, 9.17) is 14.2 Å². The smallest absolute Gasteiger partial charge is 0.319 e. The Labute approximate surface area is 163 Å². The third-order valence-electron chi connectivity index (χ3n) is 4.52. The number of hydrogen-bond acceptors (Lipinski definition) is 6. The van der Waals surface area contributed by atoms with Crippen LogP contribution in [0.3, 0.4) is 0 Å². The van der Waals surface area contributed by atoms with E-state index in [2.05, 4.69) is 32.4 Å². The number of urea groups is 1. The third kappa shape index (κ3) is 4.91. The molecule has 3 rings (SSSR count). The molecule has 27 heavy (non-hydrogen) atoms. The SMILES string of the molecule is COc1cccc(NC(=O)NC[C@H](c2ccsc2)N2CCOCC2)c1OC. The van der Waals surface area contributed by atoms with Gasteiger partial charge in [-0.25, -0.2) is 4.79 Å². The van der Waals surface area contributed by atoms with Gasteiger partial charge in [0.15, 0.2) is 11.5 Å². The highest BCUT2D eigenvalue weighted by atomic mass is 32.1. The lowest BCUT2D eigenvalue weighted by atomic mass is 10.1. The molecule has 2 N–H and O–H groups in total. The van der Waals surface area contributed by atoms with Crippen molar-refractivity contribution in [2.45, 2.75) is 6.04 Å². The second kappa shape index (κ2) is 9.59. The van der Waals surface area contributed by atoms with Crippen LogP contribution in [0, 0.1) is 0 Å². The van der Waals surface area contributed by atoms with Crippen LogP contribution < -0.4 is 20.1 Å². The fourth-order valence-corrected chi connectivity index (χ4v) is 3.86. The van der Waals surface area contributed by atoms with Crippen molar-refractivity contribution in [3.05, 3.63) is 40.6 Å². The largest absolute Gasteiger partial charge is 0.493 e. The zero-order valence-electron chi connectivity index (χ0n) is 15.6. The van der Waals surface area contributed by atoms with E-state index in [9.17, 15) is 4.79 Å². The Hall–Kier alpha value is -2.29. The van der Waals surface area contributed by atoms with Gasteiger partial charge in [-0.3, -0.25) is 4.90 Å². The van der Waals surface area contributed by atoms with Crippen LogP contribution in [0.4, 0.5) is 10.5 Å². The number of methoxy groups -OCH3 is 2. The van der Waals surface area contributed by atoms with Gasteiger partial charge >= 0.3 is 6.03 Å². The molecule has 0 aliphatic carbocycles. The fourth-order valence-electron chi connectivity index (χ4n) is 3.15. The van der Waals surface area contributed by atoms with Crippen molar-refractivity contribution in [3.63, 3.8) is 0 Å². The van der Waals surface area contributed by atoms with E-state index >= 15 is 0 Å². The molecular weight excluding hydrogens is 366 g/mol. The number of rotatable bonds is 7. The lowest BCUT2D eigenvalue weighted by molar-refractivity contribution is 0.0168. The van der Waals surface area contributed by atoms with Crippen molar-refractivity contribution in [2.75, 3.05) is 52.4 Å². The minimum absolute atomic E-state index is 0.123. The number of carbonyl (C=O) groups is 1. The van der Waals surface area contributed by atoms with E-state index in [0.717, 1.165) is 13.1 Å². The number of benzene rings is 1. The molecule has 2 aromatic rings. The lowest BCUT2D eigenvalue weighted by Crippen LogP contribution is -2.44. The highest BCUT2D eigenvalue weighted by Gasteiger charge is 2.23. The van der Waals surface area contributed by atoms with Gasteiger partial charge in [0, 0.05) is 19.6 Å². The maximum Gasteiger partial charge on any atom is 0.319 e. The molecule has 0 spiro atoms. The number of hydrogen-bond donors (Lipinski definition) is 2. The maximum absolute atomic E-state index is 12.5. The molecule has 0 unspecified atom stereocenters. The molecule has 1 aromatic carbocycles. The van der Waals surface area contributed by atoms with Gasteiger partial charge in [-0.15, -0.1) is 0 Å². The number of thiophene rings is 1. The molecule has 2 amide bonds. The first-order valence-electron chi connectivity index (χ1n) is 8.82. The molecule has 1 atom stereocenters. The van der Waals surface area contributed by atoms with Crippen LogP contribution in [-0.4, -0.2) is 58.0 Å². The monoisotopic (exact) mass is 391 g/mol. The van der Waals surface area contributed by atoms with Crippen molar-refractivity contribution in [1.29, 1.82) is 0 Å². The Bertz CT molecular complexity index is 733. The van der Waals surface area contributed by atoms with Crippen LogP contribution in [0.5, 0.6) is 11.5 Å². The van der Waals surface area contributed by atoms with E-state index in [0.29, 0.717) is 36.9 Å². The molecule has 7 nitrogen and oxygen atoms in total. The molecule has 1 saturated heterocycles. The summed E-state index contributed by atoms with van der Waals surface area (Å²) in [5.41, 5.74) is 1.77. The molecule has 1 aliphatic rings. The summed E-state index contributed by atoms with van der Waals surface area (Å²) in [5.74, 6) is 1.07. The number of ether oxygens (including phenoxy) is 3. The zero-order chi connectivity index (χ0) is 19.1. The zero-order valence-corrected chi connectivity index (χ0v) is 16.4. The quantitative estimate of drug-likeness (QED) is 0.759. The molecule has 1 aliphatic heterocycles. The van der Waals surface area contributed by atoms with Gasteiger partial charge in [-0.2, -0.15) is 11.3 Å². The molecule has 0 bridgehead atoms. The summed E-state index contributed by atoms with van der Waals surface area (Å²) in [7, 11) is 3.11. The Morgan fingerprint density at radius 2 is 2.07 bits per heavy atom. The molecule has 1 fully saturated rings. The second-order valence-electron chi connectivity index (χ2n) is 6.10. The highest BCUT2D eigenvalue weighted by molar-refractivity contribution is 7.07. The van der Waals surface area contributed by atoms with Crippen LogP contribution in [0.25, 0.3) is 0 Å². The average molecular weight is 391 g/mol. The van der Waals surface area contributed by atoms with E-state index in [1.54, 1.807) is 43.8 Å². The summed E-state index contributed by atoms with van der Waals surface area (Å²) < 4.78 is 16.1. The summed E-state index contributed by atoms with van der Waals surface area (Å²) in [6.45, 7) is 3.65. The Morgan fingerprint density at radius 3 is 2.74 bits per heavy atom. The van der Waals surface area contributed by atoms with Crippen LogP contribution in [-0.2, 0) is 4.74 Å². The van der Waals surface area contributed by atoms with Crippen molar-refractivity contribution < 1.29 is 19.0 Å². The van der Waals surface area contributed by atoms with Crippen molar-refractivity contribution >= 4 is 23.1 Å². The summed E-state index contributed by atoms with van der Waals surface area (Å²) in [6.07, 6.45) is 0. The predicted molar refractivity (Wildman–Crippen MR) is 106 cm³/mol. The standard InChI is InChI=1S/C19H25N3O4S/c1-24-17-5-3-4-15(18(17)25-2)21-19(23)20-12-16(14-6-11-27-13-14)22-7-9-26-10-8-22/h3-6,11,13,16H,7-10,12H2,1-2H3,(H2,20,21,23)/t16-/m1/s1. The van der Waals surface area contributed by atoms with Gasteiger partial charge in [0.25, 0.3) is 0 Å². The number of morpholine rings is 1. The van der Waals surface area contributed by atoms with Crippen LogP contribution >= 0.6 is 11.3 Å². The van der Waals surface area contributed by atoms with Gasteiger partial charge in [0.1, 0.15) is 0 Å². The molecule has 8 heteroatoms. The first-order valence-corrected chi connectivity index (χ1v) is 9.77. The van der Waals surface area contributed by atoms with Gasteiger partial charge in [0.05, 0.1) is 39.2 Å². The number of para-hydroxylation sites is 1. The summed E-state index contributed by atoms with van der Waals surface area (Å²) in [4.78, 5) is 14.8. The fraction of sp³-hybridized carbons (Fsp3) is 0.421. The Balaban J connectivity index is 1.64. The number of amides is 2. The van der Waals surface area contributed by atoms with Crippen molar-refractivity contribution in [3.8, 4) is 11.5 Å². The van der Waals surface area contributed by atoms with Crippen LogP contribution in [0.1, 0.15) is 11.6 Å². The predicted octanol–water partition coefficient (Wildman–Crippen LogP) is 2.96. The van der Waals surface area contributed by atoms with E-state index < -0.39 is 0 Å². The minimum Gasteiger partial charge on any atom is -0.493 e. The average Bonchev–Trinajstić information content (AvgIpc) is 3.23. The van der Waals surface area contributed by atoms with Gasteiger partial charge < -0.3 is 24.8 Å². The molecule has 146 valence electrons. The molecule has 0 saturated carbocycles. The van der Waals surface area contributed by atoms with Crippen molar-refractivity contribution in [2.24, 2.45) is 0 Å². The third-order valence-corrected chi connectivity index (χ3v) is 5.22. The summed E-state index contributed by atoms with van der Waals surface area (Å²) in [5, 5.41) is 10.0. The summed E-state index contributed by atoms with van der Waals surface area (Å²) >= 11 is 1.66. The molecule has 2 heterocycles. The van der Waals surface area contributed by atoms with Crippen LogP contribution in [0.2, 0.25) is 0 Å². The molecule has 1 aromatic heterocycles. The van der Waals surface area contributed by atoms with Gasteiger partial charge in [0.2, 0.25) is 0 Å². The van der Waals surface area contributed by atoms with E-state index in [-0.39, 0.29) is 12.1 Å². The molecule has 0 radical (unpaired) electrons. The number of nitrogens with zero attached hydrogens (tertiary/aromatic N) is 1. The topological polar surface area (TPSA) is 72.1 Å². The van der Waals surface area contributed by atoms with E-state index in [1.165, 1.54) is 5.56 Å². The normalized spacial score (nSPS) is 15.8. The maximum atomic E-state index is 12.5. The number of nitrogens with one attached hydrogen (secondary N) is 2. The van der Waals surface area contributed by atoms with Crippen LogP contribution in [0.15, 0.2) is 35.0 Å². The minimum atomic E-state index is -0.282. The van der Waals surface area contributed by atoms with Gasteiger partial charge in [-0.1, -0.05) is 6.07 Å². The van der Waals surface area contributed by atoms with Crippen molar-refractivity contribution in [1.82, 2.24) is 10.2 Å². The lowest BCUT2D eigenvalue weighted by Gasteiger charge is -2.34. The Kier molecular flexibility index (Phi) is 6.92. The first kappa shape index (κ1) is 19.5. The Morgan fingerprint density at radius 1 is 1.26 bits per heavy atom. The number of carbonyl (C=O) groups excluding carboxylic acids is 1. The number of anilines is 1. The first-order chi connectivity index (χ1) is 13.2. The second-order valence-corrected chi connectivity index (χ2v) is 6.88. The van der Waals surface area contributed by atoms with E-state index in [1.807, 2.05) is 0 Å². The summed E-state index contributed by atoms with van der Waals surface area (Å²) in [6, 6.07) is 7.31. The molecular formula is C19H25N3O4S. The van der Waals surface area contributed by atoms with Gasteiger partial charge in [-0.05, 0) is 34.5 Å². The highest BCUT2D eigenvalue weighted by Crippen LogP contribution is 2.34.